The molecule has 17 heavy (non-hydrogen) atoms. The Labute approximate surface area is 104 Å². The first kappa shape index (κ1) is 12.0. The normalized spacial score (nSPS) is 16.2. The minimum atomic E-state index is -0.706. The Morgan fingerprint density at radius 1 is 1.41 bits per heavy atom. The van der Waals surface area contributed by atoms with Gasteiger partial charge in [-0.2, -0.15) is 5.26 Å². The van der Waals surface area contributed by atoms with Gasteiger partial charge >= 0.3 is 5.97 Å². The molecule has 3 nitrogen and oxygen atoms in total. The van der Waals surface area contributed by atoms with Crippen molar-refractivity contribution in [3.8, 4) is 6.07 Å². The van der Waals surface area contributed by atoms with Crippen LogP contribution in [0.3, 0.4) is 0 Å². The first-order valence-electron chi connectivity index (χ1n) is 5.48. The number of carbonyl (C=O) groups is 1. The van der Waals surface area contributed by atoms with Crippen LogP contribution in [0.15, 0.2) is 29.2 Å². The summed E-state index contributed by atoms with van der Waals surface area (Å²) in [5.41, 5.74) is 0.672. The Balaban J connectivity index is 1.89. The predicted octanol–water partition coefficient (Wildman–Crippen LogP) is 2.91. The maximum atomic E-state index is 10.7. The van der Waals surface area contributed by atoms with Crippen LogP contribution in [0.25, 0.3) is 0 Å². The second-order valence-electron chi connectivity index (χ2n) is 4.50. The van der Waals surface area contributed by atoms with E-state index in [9.17, 15) is 4.79 Å². The average Bonchev–Trinajstić information content (AvgIpc) is 3.06. The summed E-state index contributed by atoms with van der Waals surface area (Å²) in [5, 5.41) is 17.5. The highest BCUT2D eigenvalue weighted by atomic mass is 32.2. The van der Waals surface area contributed by atoms with Gasteiger partial charge in [0.05, 0.1) is 18.1 Å². The molecule has 0 unspecified atom stereocenters. The molecule has 0 atom stereocenters. The Bertz CT molecular complexity index is 457. The van der Waals surface area contributed by atoms with Crippen LogP contribution in [0.4, 0.5) is 0 Å². The molecular weight excluding hydrogens is 234 g/mol. The van der Waals surface area contributed by atoms with Gasteiger partial charge in [0.15, 0.2) is 0 Å². The van der Waals surface area contributed by atoms with Gasteiger partial charge in [0.25, 0.3) is 0 Å². The van der Waals surface area contributed by atoms with Crippen molar-refractivity contribution in [2.24, 2.45) is 5.41 Å². The summed E-state index contributed by atoms with van der Waals surface area (Å²) < 4.78 is 0. The Hall–Kier alpha value is -1.47. The maximum absolute atomic E-state index is 10.7. The van der Waals surface area contributed by atoms with Crippen molar-refractivity contribution >= 4 is 17.7 Å². The van der Waals surface area contributed by atoms with Crippen LogP contribution in [0.2, 0.25) is 0 Å². The lowest BCUT2D eigenvalue weighted by Gasteiger charge is -2.11. The van der Waals surface area contributed by atoms with E-state index in [4.69, 9.17) is 10.4 Å². The van der Waals surface area contributed by atoms with Crippen molar-refractivity contribution in [2.45, 2.75) is 24.2 Å². The first-order valence-corrected chi connectivity index (χ1v) is 6.47. The van der Waals surface area contributed by atoms with Gasteiger partial charge in [0, 0.05) is 10.6 Å². The summed E-state index contributed by atoms with van der Waals surface area (Å²) >= 11 is 1.68. The highest BCUT2D eigenvalue weighted by molar-refractivity contribution is 7.99. The zero-order chi connectivity index (χ0) is 12.3. The van der Waals surface area contributed by atoms with Gasteiger partial charge < -0.3 is 5.11 Å². The Kier molecular flexibility index (Phi) is 3.39. The summed E-state index contributed by atoms with van der Waals surface area (Å²) in [6.07, 6.45) is 2.31. The van der Waals surface area contributed by atoms with Crippen molar-refractivity contribution in [1.82, 2.24) is 0 Å². The molecule has 2 rings (SSSR count). The summed E-state index contributed by atoms with van der Waals surface area (Å²) in [6, 6.07) is 9.49. The molecule has 0 saturated heterocycles. The van der Waals surface area contributed by atoms with E-state index in [0.717, 1.165) is 23.5 Å². The van der Waals surface area contributed by atoms with Crippen LogP contribution in [0, 0.1) is 16.7 Å². The predicted molar refractivity (Wildman–Crippen MR) is 65.8 cm³/mol. The Morgan fingerprint density at radius 2 is 2.06 bits per heavy atom. The van der Waals surface area contributed by atoms with Crippen LogP contribution in [-0.4, -0.2) is 16.8 Å². The Morgan fingerprint density at radius 3 is 2.53 bits per heavy atom. The first-order chi connectivity index (χ1) is 8.13. The standard InChI is InChI=1S/C13H13NO2S/c14-8-10-1-3-11(4-2-10)17-9-13(5-6-13)7-12(15)16/h1-4H,5-7,9H2,(H,15,16). The molecular formula is C13H13NO2S. The lowest BCUT2D eigenvalue weighted by atomic mass is 10.1. The van der Waals surface area contributed by atoms with Gasteiger partial charge in [-0.15, -0.1) is 11.8 Å². The van der Waals surface area contributed by atoms with E-state index in [-0.39, 0.29) is 11.8 Å². The van der Waals surface area contributed by atoms with Crippen LogP contribution in [-0.2, 0) is 4.79 Å². The topological polar surface area (TPSA) is 61.1 Å². The van der Waals surface area contributed by atoms with E-state index in [1.807, 2.05) is 12.1 Å². The summed E-state index contributed by atoms with van der Waals surface area (Å²) in [7, 11) is 0. The van der Waals surface area contributed by atoms with Gasteiger partial charge in [-0.05, 0) is 42.5 Å². The van der Waals surface area contributed by atoms with Crippen molar-refractivity contribution in [3.05, 3.63) is 29.8 Å². The third-order valence-electron chi connectivity index (χ3n) is 3.01. The number of aliphatic carboxylic acids is 1. The van der Waals surface area contributed by atoms with Crippen LogP contribution in [0.5, 0.6) is 0 Å². The number of thioether (sulfide) groups is 1. The molecule has 0 bridgehead atoms. The van der Waals surface area contributed by atoms with E-state index in [1.54, 1.807) is 23.9 Å². The molecule has 1 N–H and O–H groups in total. The van der Waals surface area contributed by atoms with Crippen LogP contribution >= 0.6 is 11.8 Å². The molecule has 0 radical (unpaired) electrons. The molecule has 1 aromatic rings. The molecule has 1 fully saturated rings. The number of rotatable bonds is 5. The molecule has 88 valence electrons. The second-order valence-corrected chi connectivity index (χ2v) is 5.54. The number of hydrogen-bond donors (Lipinski definition) is 1. The van der Waals surface area contributed by atoms with Crippen LogP contribution < -0.4 is 0 Å². The van der Waals surface area contributed by atoms with Crippen molar-refractivity contribution in [3.63, 3.8) is 0 Å². The molecule has 0 spiro atoms. The third kappa shape index (κ3) is 3.24. The fourth-order valence-corrected chi connectivity index (χ4v) is 2.92. The molecule has 0 heterocycles. The summed E-state index contributed by atoms with van der Waals surface area (Å²) in [6.45, 7) is 0. The molecule has 1 saturated carbocycles. The van der Waals surface area contributed by atoms with E-state index in [1.165, 1.54) is 0 Å². The number of benzene rings is 1. The van der Waals surface area contributed by atoms with E-state index >= 15 is 0 Å². The van der Waals surface area contributed by atoms with Gasteiger partial charge in [-0.25, -0.2) is 0 Å². The number of nitrogens with zero attached hydrogens (tertiary/aromatic N) is 1. The monoisotopic (exact) mass is 247 g/mol. The van der Waals surface area contributed by atoms with Crippen LogP contribution in [0.1, 0.15) is 24.8 Å². The van der Waals surface area contributed by atoms with E-state index in [2.05, 4.69) is 6.07 Å². The largest absolute Gasteiger partial charge is 0.481 e. The van der Waals surface area contributed by atoms with Crippen molar-refractivity contribution < 1.29 is 9.90 Å². The van der Waals surface area contributed by atoms with E-state index < -0.39 is 5.97 Å². The molecule has 1 aliphatic rings. The summed E-state index contributed by atoms with van der Waals surface area (Å²) in [5.74, 6) is 0.147. The fourth-order valence-electron chi connectivity index (χ4n) is 1.73. The highest BCUT2D eigenvalue weighted by Crippen LogP contribution is 2.51. The number of hydrogen-bond acceptors (Lipinski definition) is 3. The fraction of sp³-hybridized carbons (Fsp3) is 0.385. The molecule has 1 aromatic carbocycles. The molecule has 4 heteroatoms. The minimum Gasteiger partial charge on any atom is -0.481 e. The molecule has 0 aromatic heterocycles. The molecule has 0 amide bonds. The maximum Gasteiger partial charge on any atom is 0.303 e. The quantitative estimate of drug-likeness (QED) is 0.813. The van der Waals surface area contributed by atoms with Gasteiger partial charge in [0.2, 0.25) is 0 Å². The molecule has 1 aliphatic carbocycles. The number of carboxylic acids is 1. The zero-order valence-corrected chi connectivity index (χ0v) is 10.2. The SMILES string of the molecule is N#Cc1ccc(SCC2(CC(=O)O)CC2)cc1. The van der Waals surface area contributed by atoms with Crippen molar-refractivity contribution in [1.29, 1.82) is 5.26 Å². The number of nitriles is 1. The third-order valence-corrected chi connectivity index (χ3v) is 4.37. The van der Waals surface area contributed by atoms with Gasteiger partial charge in [0.1, 0.15) is 0 Å². The number of carboxylic acid groups (broad SMARTS) is 1. The van der Waals surface area contributed by atoms with Gasteiger partial charge in [-0.1, -0.05) is 0 Å². The second kappa shape index (κ2) is 4.80. The lowest BCUT2D eigenvalue weighted by Crippen LogP contribution is -2.10. The smallest absolute Gasteiger partial charge is 0.303 e. The minimum absolute atomic E-state index is 0.0183. The zero-order valence-electron chi connectivity index (χ0n) is 9.35. The molecule has 0 aliphatic heterocycles. The van der Waals surface area contributed by atoms with E-state index in [0.29, 0.717) is 5.56 Å². The lowest BCUT2D eigenvalue weighted by molar-refractivity contribution is -0.138. The summed E-state index contributed by atoms with van der Waals surface area (Å²) in [4.78, 5) is 11.8. The average molecular weight is 247 g/mol. The van der Waals surface area contributed by atoms with Gasteiger partial charge in [-0.3, -0.25) is 4.79 Å². The van der Waals surface area contributed by atoms with Crippen molar-refractivity contribution in [2.75, 3.05) is 5.75 Å². The highest BCUT2D eigenvalue weighted by Gasteiger charge is 2.44.